The van der Waals surface area contributed by atoms with Gasteiger partial charge < -0.3 is 25.0 Å². The highest BCUT2D eigenvalue weighted by molar-refractivity contribution is 5.46. The maximum absolute atomic E-state index is 9.40. The second-order valence-corrected chi connectivity index (χ2v) is 5.70. The van der Waals surface area contributed by atoms with Crippen molar-refractivity contribution in [2.24, 2.45) is 0 Å². The van der Waals surface area contributed by atoms with Gasteiger partial charge in [0.05, 0.1) is 13.7 Å². The van der Waals surface area contributed by atoms with Crippen molar-refractivity contribution < 1.29 is 19.7 Å². The minimum absolute atomic E-state index is 0.00897. The van der Waals surface area contributed by atoms with Gasteiger partial charge in [-0.25, -0.2) is 0 Å². The minimum Gasteiger partial charge on any atom is -0.493 e. The predicted octanol–water partition coefficient (Wildman–Crippen LogP) is 1.32. The number of aliphatic hydroxyl groups excluding tert-OH is 2. The van der Waals surface area contributed by atoms with Crippen molar-refractivity contribution in [3.8, 4) is 11.5 Å². The van der Waals surface area contributed by atoms with E-state index in [0.29, 0.717) is 18.0 Å². The van der Waals surface area contributed by atoms with Crippen molar-refractivity contribution in [3.63, 3.8) is 0 Å². The number of hydrogen-bond acceptors (Lipinski definition) is 5. The molecule has 1 aromatic carbocycles. The summed E-state index contributed by atoms with van der Waals surface area (Å²) in [5, 5.41) is 21.6. The Morgan fingerprint density at radius 3 is 2.55 bits per heavy atom. The third-order valence-corrected chi connectivity index (χ3v) is 2.72. The van der Waals surface area contributed by atoms with E-state index >= 15 is 0 Å². The molecule has 0 spiro atoms. The van der Waals surface area contributed by atoms with E-state index in [-0.39, 0.29) is 18.8 Å². The lowest BCUT2D eigenvalue weighted by Gasteiger charge is -2.22. The first-order chi connectivity index (χ1) is 9.37. The van der Waals surface area contributed by atoms with Crippen LogP contribution in [0.15, 0.2) is 18.2 Å². The topological polar surface area (TPSA) is 71.0 Å². The Morgan fingerprint density at radius 1 is 1.30 bits per heavy atom. The molecule has 5 nitrogen and oxygen atoms in total. The molecule has 0 aromatic heterocycles. The second kappa shape index (κ2) is 7.47. The third kappa shape index (κ3) is 5.36. The van der Waals surface area contributed by atoms with Gasteiger partial charge in [-0.05, 0) is 26.8 Å². The largest absolute Gasteiger partial charge is 0.493 e. The Bertz CT molecular complexity index is 415. The zero-order chi connectivity index (χ0) is 15.2. The highest BCUT2D eigenvalue weighted by Crippen LogP contribution is 2.31. The molecule has 0 heterocycles. The van der Waals surface area contributed by atoms with Gasteiger partial charge >= 0.3 is 0 Å². The molecule has 0 fully saturated rings. The summed E-state index contributed by atoms with van der Waals surface area (Å²) in [6, 6.07) is 5.65. The number of hydrogen-bond donors (Lipinski definition) is 3. The van der Waals surface area contributed by atoms with Gasteiger partial charge in [-0.3, -0.25) is 0 Å². The smallest absolute Gasteiger partial charge is 0.165 e. The van der Waals surface area contributed by atoms with Gasteiger partial charge in [-0.2, -0.15) is 0 Å². The Balaban J connectivity index is 2.86. The van der Waals surface area contributed by atoms with Crippen molar-refractivity contribution >= 4 is 0 Å². The molecule has 114 valence electrons. The molecule has 0 aliphatic heterocycles. The maximum atomic E-state index is 9.40. The number of methoxy groups -OCH3 is 1. The fraction of sp³-hybridized carbons (Fsp3) is 0.600. The molecule has 20 heavy (non-hydrogen) atoms. The molecule has 0 bridgehead atoms. The van der Waals surface area contributed by atoms with Crippen molar-refractivity contribution in [1.29, 1.82) is 0 Å². The standard InChI is InChI=1S/C15H25NO4/c1-15(2,3)16-8-11-6-5-7-13(19-4)14(11)20-10-12(18)9-17/h5-7,12,16-18H,8-10H2,1-4H3. The minimum atomic E-state index is -0.900. The molecule has 1 unspecified atom stereocenters. The quantitative estimate of drug-likeness (QED) is 0.704. The number of rotatable bonds is 7. The molecule has 1 rings (SSSR count). The first-order valence-electron chi connectivity index (χ1n) is 6.70. The van der Waals surface area contributed by atoms with Crippen molar-refractivity contribution in [2.45, 2.75) is 39.0 Å². The lowest BCUT2D eigenvalue weighted by Crippen LogP contribution is -2.35. The number of ether oxygens (including phenoxy) is 2. The Morgan fingerprint density at radius 2 is 2.00 bits per heavy atom. The van der Waals surface area contributed by atoms with E-state index in [2.05, 4.69) is 26.1 Å². The van der Waals surface area contributed by atoms with E-state index in [1.807, 2.05) is 12.1 Å². The van der Waals surface area contributed by atoms with Crippen LogP contribution in [0.4, 0.5) is 0 Å². The van der Waals surface area contributed by atoms with Crippen LogP contribution in [0.1, 0.15) is 26.3 Å². The van der Waals surface area contributed by atoms with Crippen LogP contribution in [-0.4, -0.2) is 42.2 Å². The second-order valence-electron chi connectivity index (χ2n) is 5.70. The summed E-state index contributed by atoms with van der Waals surface area (Å²) in [5.74, 6) is 1.21. The van der Waals surface area contributed by atoms with E-state index in [1.165, 1.54) is 0 Å². The normalized spacial score (nSPS) is 13.1. The summed E-state index contributed by atoms with van der Waals surface area (Å²) in [5.41, 5.74) is 0.940. The zero-order valence-corrected chi connectivity index (χ0v) is 12.6. The molecular formula is C15H25NO4. The zero-order valence-electron chi connectivity index (χ0n) is 12.6. The Hall–Kier alpha value is -1.30. The highest BCUT2D eigenvalue weighted by atomic mass is 16.5. The van der Waals surface area contributed by atoms with Crippen LogP contribution in [0, 0.1) is 0 Å². The SMILES string of the molecule is COc1cccc(CNC(C)(C)C)c1OCC(O)CO. The molecule has 1 atom stereocenters. The monoisotopic (exact) mass is 283 g/mol. The number of para-hydroxylation sites is 1. The van der Waals surface area contributed by atoms with Gasteiger partial charge in [-0.15, -0.1) is 0 Å². The molecule has 5 heteroatoms. The lowest BCUT2D eigenvalue weighted by molar-refractivity contribution is 0.0523. The Labute approximate surface area is 120 Å². The van der Waals surface area contributed by atoms with E-state index in [1.54, 1.807) is 13.2 Å². The van der Waals surface area contributed by atoms with Gasteiger partial charge in [0.15, 0.2) is 11.5 Å². The van der Waals surface area contributed by atoms with E-state index in [9.17, 15) is 5.11 Å². The van der Waals surface area contributed by atoms with Crippen LogP contribution in [0.3, 0.4) is 0 Å². The fourth-order valence-electron chi connectivity index (χ4n) is 1.62. The first kappa shape index (κ1) is 16.8. The van der Waals surface area contributed by atoms with Gasteiger partial charge in [0.1, 0.15) is 12.7 Å². The molecular weight excluding hydrogens is 258 g/mol. The van der Waals surface area contributed by atoms with E-state index in [4.69, 9.17) is 14.6 Å². The van der Waals surface area contributed by atoms with Crippen LogP contribution in [0.5, 0.6) is 11.5 Å². The fourth-order valence-corrected chi connectivity index (χ4v) is 1.62. The molecule has 0 saturated carbocycles. The molecule has 3 N–H and O–H groups in total. The van der Waals surface area contributed by atoms with E-state index in [0.717, 1.165) is 5.56 Å². The van der Waals surface area contributed by atoms with Crippen LogP contribution in [0.25, 0.3) is 0 Å². The average Bonchev–Trinajstić information content (AvgIpc) is 2.41. The van der Waals surface area contributed by atoms with Crippen molar-refractivity contribution in [2.75, 3.05) is 20.3 Å². The van der Waals surface area contributed by atoms with E-state index < -0.39 is 6.10 Å². The van der Waals surface area contributed by atoms with Crippen molar-refractivity contribution in [3.05, 3.63) is 23.8 Å². The maximum Gasteiger partial charge on any atom is 0.165 e. The molecule has 0 amide bonds. The lowest BCUT2D eigenvalue weighted by atomic mass is 10.1. The van der Waals surface area contributed by atoms with Gasteiger partial charge in [0, 0.05) is 17.6 Å². The highest BCUT2D eigenvalue weighted by Gasteiger charge is 2.15. The average molecular weight is 283 g/mol. The van der Waals surface area contributed by atoms with Crippen LogP contribution in [-0.2, 0) is 6.54 Å². The van der Waals surface area contributed by atoms with Gasteiger partial charge in [0.25, 0.3) is 0 Å². The molecule has 0 aliphatic carbocycles. The summed E-state index contributed by atoms with van der Waals surface area (Å²) in [7, 11) is 1.58. The number of aliphatic hydroxyl groups is 2. The molecule has 0 saturated heterocycles. The van der Waals surface area contributed by atoms with Crippen LogP contribution < -0.4 is 14.8 Å². The summed E-state index contributed by atoms with van der Waals surface area (Å²) in [4.78, 5) is 0. The summed E-state index contributed by atoms with van der Waals surface area (Å²) >= 11 is 0. The number of benzene rings is 1. The summed E-state index contributed by atoms with van der Waals surface area (Å²) in [6.07, 6.45) is -0.900. The van der Waals surface area contributed by atoms with Gasteiger partial charge in [-0.1, -0.05) is 12.1 Å². The summed E-state index contributed by atoms with van der Waals surface area (Å²) in [6.45, 7) is 6.59. The number of nitrogens with one attached hydrogen (secondary N) is 1. The van der Waals surface area contributed by atoms with Crippen LogP contribution >= 0.6 is 0 Å². The predicted molar refractivity (Wildman–Crippen MR) is 78.2 cm³/mol. The van der Waals surface area contributed by atoms with Crippen molar-refractivity contribution in [1.82, 2.24) is 5.32 Å². The van der Waals surface area contributed by atoms with Crippen LogP contribution in [0.2, 0.25) is 0 Å². The first-order valence-corrected chi connectivity index (χ1v) is 6.70. The Kier molecular flexibility index (Phi) is 6.26. The van der Waals surface area contributed by atoms with Gasteiger partial charge in [0.2, 0.25) is 0 Å². The third-order valence-electron chi connectivity index (χ3n) is 2.72. The molecule has 0 radical (unpaired) electrons. The molecule has 0 aliphatic rings. The summed E-state index contributed by atoms with van der Waals surface area (Å²) < 4.78 is 10.9. The molecule has 1 aromatic rings.